The fraction of sp³-hybridized carbons (Fsp3) is 0.190. The van der Waals surface area contributed by atoms with E-state index in [1.807, 2.05) is 36.1 Å². The molecule has 1 aliphatic rings. The average Bonchev–Trinajstić information content (AvgIpc) is 2.96. The van der Waals surface area contributed by atoms with E-state index in [0.717, 1.165) is 18.5 Å². The maximum Gasteiger partial charge on any atom is 0.250 e. The van der Waals surface area contributed by atoms with Crippen LogP contribution < -0.4 is 0 Å². The number of amides is 1. The standard InChI is InChI=1S/C21H21NOS/c1-2-3-7-18-14-15-22(21(18)23)16-17-10-12-20(13-11-17)24-19-8-5-4-6-9-19/h2-13H,14-16H2,1H3/b3-2-,18-7+. The molecule has 0 atom stereocenters. The van der Waals surface area contributed by atoms with E-state index in [4.69, 9.17) is 0 Å². The van der Waals surface area contributed by atoms with Gasteiger partial charge in [0.05, 0.1) is 0 Å². The third-order valence-corrected chi connectivity index (χ3v) is 4.99. The molecule has 0 radical (unpaired) electrons. The van der Waals surface area contributed by atoms with E-state index in [9.17, 15) is 4.79 Å². The van der Waals surface area contributed by atoms with E-state index >= 15 is 0 Å². The van der Waals surface area contributed by atoms with E-state index in [1.165, 1.54) is 15.4 Å². The minimum Gasteiger partial charge on any atom is -0.334 e. The highest BCUT2D eigenvalue weighted by Crippen LogP contribution is 2.28. The first-order valence-corrected chi connectivity index (χ1v) is 9.01. The third-order valence-electron chi connectivity index (χ3n) is 3.98. The Morgan fingerprint density at radius 2 is 1.75 bits per heavy atom. The second-order valence-electron chi connectivity index (χ2n) is 5.75. The molecule has 0 aromatic heterocycles. The SMILES string of the molecule is C/C=C\C=C1/CCN(Cc2ccc(Sc3ccccc3)cc2)C1=O. The summed E-state index contributed by atoms with van der Waals surface area (Å²) in [5.74, 6) is 0.163. The molecule has 1 amide bonds. The summed E-state index contributed by atoms with van der Waals surface area (Å²) in [6, 6.07) is 18.8. The van der Waals surface area contributed by atoms with Gasteiger partial charge in [-0.15, -0.1) is 0 Å². The Morgan fingerprint density at radius 3 is 2.46 bits per heavy atom. The zero-order chi connectivity index (χ0) is 16.8. The maximum absolute atomic E-state index is 12.3. The molecule has 3 heteroatoms. The predicted molar refractivity (Wildman–Crippen MR) is 99.9 cm³/mol. The lowest BCUT2D eigenvalue weighted by molar-refractivity contribution is -0.125. The normalized spacial score (nSPS) is 16.5. The summed E-state index contributed by atoms with van der Waals surface area (Å²) in [6.45, 7) is 3.45. The molecule has 0 unspecified atom stereocenters. The van der Waals surface area contributed by atoms with Gasteiger partial charge in [0.25, 0.3) is 0 Å². The first-order valence-electron chi connectivity index (χ1n) is 8.19. The molecule has 1 aliphatic heterocycles. The minimum atomic E-state index is 0.163. The zero-order valence-corrected chi connectivity index (χ0v) is 14.6. The van der Waals surface area contributed by atoms with Crippen LogP contribution in [0.25, 0.3) is 0 Å². The molecule has 1 saturated heterocycles. The van der Waals surface area contributed by atoms with Gasteiger partial charge >= 0.3 is 0 Å². The molecule has 3 rings (SSSR count). The van der Waals surface area contributed by atoms with Gasteiger partial charge < -0.3 is 4.90 Å². The van der Waals surface area contributed by atoms with E-state index in [1.54, 1.807) is 11.8 Å². The van der Waals surface area contributed by atoms with Crippen LogP contribution in [-0.2, 0) is 11.3 Å². The van der Waals surface area contributed by atoms with Crippen molar-refractivity contribution in [3.05, 3.63) is 84.0 Å². The lowest BCUT2D eigenvalue weighted by atomic mass is 10.2. The maximum atomic E-state index is 12.3. The van der Waals surface area contributed by atoms with Crippen molar-refractivity contribution in [1.82, 2.24) is 4.90 Å². The van der Waals surface area contributed by atoms with Crippen LogP contribution in [0.5, 0.6) is 0 Å². The van der Waals surface area contributed by atoms with Gasteiger partial charge in [-0.05, 0) is 43.2 Å². The average molecular weight is 335 g/mol. The minimum absolute atomic E-state index is 0.163. The van der Waals surface area contributed by atoms with Crippen LogP contribution in [-0.4, -0.2) is 17.4 Å². The Labute approximate surface area is 147 Å². The van der Waals surface area contributed by atoms with Crippen molar-refractivity contribution in [3.8, 4) is 0 Å². The number of hydrogen-bond acceptors (Lipinski definition) is 2. The Bertz CT molecular complexity index is 747. The molecule has 122 valence electrons. The fourth-order valence-electron chi connectivity index (χ4n) is 2.69. The number of benzene rings is 2. The van der Waals surface area contributed by atoms with Gasteiger partial charge in [0.1, 0.15) is 0 Å². The van der Waals surface area contributed by atoms with Crippen LogP contribution in [0, 0.1) is 0 Å². The van der Waals surface area contributed by atoms with Crippen molar-refractivity contribution >= 4 is 17.7 Å². The molecule has 2 aromatic rings. The summed E-state index contributed by atoms with van der Waals surface area (Å²) < 4.78 is 0. The summed E-state index contributed by atoms with van der Waals surface area (Å²) in [5.41, 5.74) is 2.08. The van der Waals surface area contributed by atoms with Crippen molar-refractivity contribution in [3.63, 3.8) is 0 Å². The predicted octanol–water partition coefficient (Wildman–Crippen LogP) is 5.07. The highest BCUT2D eigenvalue weighted by Gasteiger charge is 2.25. The van der Waals surface area contributed by atoms with Crippen molar-refractivity contribution in [1.29, 1.82) is 0 Å². The van der Waals surface area contributed by atoms with Gasteiger partial charge in [-0.2, -0.15) is 0 Å². The van der Waals surface area contributed by atoms with E-state index < -0.39 is 0 Å². The van der Waals surface area contributed by atoms with Crippen LogP contribution in [0.4, 0.5) is 0 Å². The highest BCUT2D eigenvalue weighted by molar-refractivity contribution is 7.99. The topological polar surface area (TPSA) is 20.3 Å². The molecular formula is C21H21NOS. The Hall–Kier alpha value is -2.26. The molecule has 0 saturated carbocycles. The molecule has 0 spiro atoms. The van der Waals surface area contributed by atoms with E-state index in [-0.39, 0.29) is 5.91 Å². The fourth-order valence-corrected chi connectivity index (χ4v) is 3.53. The van der Waals surface area contributed by atoms with Crippen LogP contribution >= 0.6 is 11.8 Å². The molecule has 1 fully saturated rings. The van der Waals surface area contributed by atoms with Gasteiger partial charge in [-0.25, -0.2) is 0 Å². The van der Waals surface area contributed by atoms with Crippen molar-refractivity contribution in [2.75, 3.05) is 6.54 Å². The molecule has 0 N–H and O–H groups in total. The Morgan fingerprint density at radius 1 is 1.04 bits per heavy atom. The lowest BCUT2D eigenvalue weighted by Gasteiger charge is -2.15. The number of nitrogens with zero attached hydrogens (tertiary/aromatic N) is 1. The van der Waals surface area contributed by atoms with Crippen LogP contribution in [0.2, 0.25) is 0 Å². The Kier molecular flexibility index (Phi) is 5.55. The first kappa shape index (κ1) is 16.6. The van der Waals surface area contributed by atoms with Crippen molar-refractivity contribution in [2.45, 2.75) is 29.7 Å². The van der Waals surface area contributed by atoms with Gasteiger partial charge in [0.2, 0.25) is 5.91 Å². The zero-order valence-electron chi connectivity index (χ0n) is 13.8. The smallest absolute Gasteiger partial charge is 0.250 e. The van der Waals surface area contributed by atoms with Gasteiger partial charge in [0.15, 0.2) is 0 Å². The summed E-state index contributed by atoms with van der Waals surface area (Å²) in [4.78, 5) is 16.7. The number of carbonyl (C=O) groups is 1. The number of carbonyl (C=O) groups excluding carboxylic acids is 1. The molecule has 2 aromatic carbocycles. The van der Waals surface area contributed by atoms with Crippen LogP contribution in [0.15, 0.2) is 88.2 Å². The summed E-state index contributed by atoms with van der Waals surface area (Å²) in [6.07, 6.45) is 6.66. The monoisotopic (exact) mass is 335 g/mol. The van der Waals surface area contributed by atoms with E-state index in [0.29, 0.717) is 6.54 Å². The van der Waals surface area contributed by atoms with Crippen LogP contribution in [0.3, 0.4) is 0 Å². The summed E-state index contributed by atoms with van der Waals surface area (Å²) in [5, 5.41) is 0. The van der Waals surface area contributed by atoms with Gasteiger partial charge in [-0.1, -0.05) is 60.3 Å². The molecule has 2 nitrogen and oxygen atoms in total. The second-order valence-corrected chi connectivity index (χ2v) is 6.90. The number of likely N-dealkylation sites (tertiary alicyclic amines) is 1. The highest BCUT2D eigenvalue weighted by atomic mass is 32.2. The molecule has 1 heterocycles. The number of rotatable bonds is 5. The van der Waals surface area contributed by atoms with Crippen molar-refractivity contribution < 1.29 is 4.79 Å². The third kappa shape index (κ3) is 4.18. The van der Waals surface area contributed by atoms with Crippen molar-refractivity contribution in [2.24, 2.45) is 0 Å². The van der Waals surface area contributed by atoms with Gasteiger partial charge in [0, 0.05) is 28.5 Å². The van der Waals surface area contributed by atoms with E-state index in [2.05, 4.69) is 48.5 Å². The quantitative estimate of drug-likeness (QED) is 0.711. The Balaban J connectivity index is 1.62. The van der Waals surface area contributed by atoms with Gasteiger partial charge in [-0.3, -0.25) is 4.79 Å². The second kappa shape index (κ2) is 8.02. The summed E-state index contributed by atoms with van der Waals surface area (Å²) in [7, 11) is 0. The number of hydrogen-bond donors (Lipinski definition) is 0. The molecule has 0 aliphatic carbocycles. The molecular weight excluding hydrogens is 314 g/mol. The van der Waals surface area contributed by atoms with Crippen LogP contribution in [0.1, 0.15) is 18.9 Å². The largest absolute Gasteiger partial charge is 0.334 e. The first-order chi connectivity index (χ1) is 11.8. The molecule has 0 bridgehead atoms. The lowest BCUT2D eigenvalue weighted by Crippen LogP contribution is -2.24. The summed E-state index contributed by atoms with van der Waals surface area (Å²) >= 11 is 1.75. The number of allylic oxidation sites excluding steroid dienone is 3. The molecule has 24 heavy (non-hydrogen) atoms.